The number of ether oxygens (including phenoxy) is 4. The van der Waals surface area contributed by atoms with Crippen LogP contribution in [0.5, 0.6) is 17.2 Å². The predicted molar refractivity (Wildman–Crippen MR) is 96.9 cm³/mol. The van der Waals surface area contributed by atoms with Crippen LogP contribution in [-0.4, -0.2) is 46.0 Å². The molecule has 0 aliphatic carbocycles. The molecular formula is C17H27ClN2O5. The van der Waals surface area contributed by atoms with Gasteiger partial charge in [0.1, 0.15) is 0 Å². The molecule has 2 rings (SSSR count). The van der Waals surface area contributed by atoms with Gasteiger partial charge in [-0.15, -0.1) is 12.4 Å². The summed E-state index contributed by atoms with van der Waals surface area (Å²) in [5, 5.41) is 2.98. The Kier molecular flexibility index (Phi) is 7.79. The summed E-state index contributed by atoms with van der Waals surface area (Å²) in [7, 11) is 4.66. The molecule has 25 heavy (non-hydrogen) atoms. The van der Waals surface area contributed by atoms with Crippen molar-refractivity contribution in [3.63, 3.8) is 0 Å². The van der Waals surface area contributed by atoms with Crippen LogP contribution >= 0.6 is 12.4 Å². The standard InChI is InChI=1S/C17H26N2O5.ClH/c1-11(19-16(20)17(18)5-7-24-8-6-17)12-9-13(21-2)15(23-4)14(10-12)22-3;/h9-11H,5-8,18H2,1-4H3,(H,19,20);1H. The van der Waals surface area contributed by atoms with Gasteiger partial charge in [-0.05, 0) is 37.5 Å². The van der Waals surface area contributed by atoms with E-state index in [0.717, 1.165) is 5.56 Å². The second kappa shape index (κ2) is 9.12. The van der Waals surface area contributed by atoms with Crippen molar-refractivity contribution < 1.29 is 23.7 Å². The zero-order chi connectivity index (χ0) is 17.7. The maximum absolute atomic E-state index is 12.6. The minimum atomic E-state index is -0.882. The fourth-order valence-corrected chi connectivity index (χ4v) is 2.74. The van der Waals surface area contributed by atoms with Gasteiger partial charge < -0.3 is 30.0 Å². The minimum absolute atomic E-state index is 0. The fraction of sp³-hybridized carbons (Fsp3) is 0.588. The number of methoxy groups -OCH3 is 3. The van der Waals surface area contributed by atoms with Gasteiger partial charge in [0.15, 0.2) is 11.5 Å². The highest BCUT2D eigenvalue weighted by molar-refractivity contribution is 5.86. The molecule has 142 valence electrons. The molecule has 1 aromatic rings. The zero-order valence-electron chi connectivity index (χ0n) is 15.1. The third-order valence-electron chi connectivity index (χ3n) is 4.37. The molecule has 1 fully saturated rings. The zero-order valence-corrected chi connectivity index (χ0v) is 15.9. The van der Waals surface area contributed by atoms with E-state index >= 15 is 0 Å². The molecule has 1 aliphatic rings. The van der Waals surface area contributed by atoms with Gasteiger partial charge in [0.05, 0.1) is 32.9 Å². The molecule has 0 aromatic heterocycles. The van der Waals surface area contributed by atoms with E-state index in [1.807, 2.05) is 19.1 Å². The first kappa shape index (κ1) is 21.3. The molecule has 1 saturated heterocycles. The molecule has 1 unspecified atom stereocenters. The van der Waals surface area contributed by atoms with Crippen LogP contribution in [0, 0.1) is 0 Å². The van der Waals surface area contributed by atoms with E-state index in [-0.39, 0.29) is 24.4 Å². The summed E-state index contributed by atoms with van der Waals surface area (Å²) in [6.07, 6.45) is 1.03. The highest BCUT2D eigenvalue weighted by Gasteiger charge is 2.36. The van der Waals surface area contributed by atoms with E-state index in [9.17, 15) is 4.79 Å². The number of hydrogen-bond donors (Lipinski definition) is 2. The monoisotopic (exact) mass is 374 g/mol. The number of hydrogen-bond acceptors (Lipinski definition) is 6. The van der Waals surface area contributed by atoms with E-state index in [1.54, 1.807) is 21.3 Å². The lowest BCUT2D eigenvalue weighted by molar-refractivity contribution is -0.130. The lowest BCUT2D eigenvalue weighted by Gasteiger charge is -2.33. The van der Waals surface area contributed by atoms with Crippen LogP contribution < -0.4 is 25.3 Å². The Hall–Kier alpha value is -1.70. The third kappa shape index (κ3) is 4.68. The van der Waals surface area contributed by atoms with Crippen LogP contribution in [0.25, 0.3) is 0 Å². The van der Waals surface area contributed by atoms with Crippen molar-refractivity contribution in [3.05, 3.63) is 17.7 Å². The Morgan fingerprint density at radius 1 is 1.16 bits per heavy atom. The van der Waals surface area contributed by atoms with E-state index in [4.69, 9.17) is 24.7 Å². The van der Waals surface area contributed by atoms with Gasteiger partial charge in [0.25, 0.3) is 0 Å². The summed E-state index contributed by atoms with van der Waals surface area (Å²) in [6, 6.07) is 3.38. The van der Waals surface area contributed by atoms with E-state index in [0.29, 0.717) is 43.3 Å². The average molecular weight is 375 g/mol. The van der Waals surface area contributed by atoms with Gasteiger partial charge in [-0.3, -0.25) is 4.79 Å². The second-order valence-electron chi connectivity index (χ2n) is 5.92. The van der Waals surface area contributed by atoms with Crippen molar-refractivity contribution in [1.29, 1.82) is 0 Å². The Labute approximate surface area is 154 Å². The van der Waals surface area contributed by atoms with Crippen LogP contribution in [0.2, 0.25) is 0 Å². The predicted octanol–water partition coefficient (Wildman–Crippen LogP) is 1.82. The molecule has 1 atom stereocenters. The SMILES string of the molecule is COc1cc(C(C)NC(=O)C2(N)CCOCC2)cc(OC)c1OC.Cl. The van der Waals surface area contributed by atoms with Crippen molar-refractivity contribution >= 4 is 18.3 Å². The third-order valence-corrected chi connectivity index (χ3v) is 4.37. The molecule has 0 radical (unpaired) electrons. The summed E-state index contributed by atoms with van der Waals surface area (Å²) >= 11 is 0. The van der Waals surface area contributed by atoms with Crippen molar-refractivity contribution in [2.45, 2.75) is 31.3 Å². The van der Waals surface area contributed by atoms with Gasteiger partial charge in [0, 0.05) is 13.2 Å². The van der Waals surface area contributed by atoms with Gasteiger partial charge in [0.2, 0.25) is 11.7 Å². The first-order valence-electron chi connectivity index (χ1n) is 7.92. The van der Waals surface area contributed by atoms with E-state index < -0.39 is 5.54 Å². The summed E-state index contributed by atoms with van der Waals surface area (Å²) in [6.45, 7) is 2.90. The number of amides is 1. The Morgan fingerprint density at radius 3 is 2.12 bits per heavy atom. The molecule has 3 N–H and O–H groups in total. The number of nitrogens with one attached hydrogen (secondary N) is 1. The Bertz CT molecular complexity index is 565. The summed E-state index contributed by atoms with van der Waals surface area (Å²) in [5.74, 6) is 1.43. The summed E-state index contributed by atoms with van der Waals surface area (Å²) in [4.78, 5) is 12.6. The number of carbonyl (C=O) groups excluding carboxylic acids is 1. The second-order valence-corrected chi connectivity index (χ2v) is 5.92. The largest absolute Gasteiger partial charge is 0.493 e. The van der Waals surface area contributed by atoms with E-state index in [2.05, 4.69) is 5.32 Å². The molecule has 0 saturated carbocycles. The Morgan fingerprint density at radius 2 is 1.68 bits per heavy atom. The van der Waals surface area contributed by atoms with E-state index in [1.165, 1.54) is 0 Å². The quantitative estimate of drug-likeness (QED) is 0.789. The minimum Gasteiger partial charge on any atom is -0.493 e. The van der Waals surface area contributed by atoms with Crippen LogP contribution in [0.3, 0.4) is 0 Å². The smallest absolute Gasteiger partial charge is 0.240 e. The molecular weight excluding hydrogens is 348 g/mol. The molecule has 1 heterocycles. The summed E-state index contributed by atoms with van der Waals surface area (Å²) < 4.78 is 21.3. The number of halogens is 1. The molecule has 0 bridgehead atoms. The number of carbonyl (C=O) groups is 1. The summed E-state index contributed by atoms with van der Waals surface area (Å²) in [5.41, 5.74) is 6.18. The molecule has 7 nitrogen and oxygen atoms in total. The normalized spacial score (nSPS) is 17.0. The van der Waals surface area contributed by atoms with Gasteiger partial charge >= 0.3 is 0 Å². The van der Waals surface area contributed by atoms with Crippen molar-refractivity contribution in [1.82, 2.24) is 5.32 Å². The maximum Gasteiger partial charge on any atom is 0.240 e. The molecule has 0 spiro atoms. The molecule has 8 heteroatoms. The number of rotatable bonds is 6. The van der Waals surface area contributed by atoms with Crippen molar-refractivity contribution in [2.75, 3.05) is 34.5 Å². The highest BCUT2D eigenvalue weighted by atomic mass is 35.5. The topological polar surface area (TPSA) is 92.0 Å². The van der Waals surface area contributed by atoms with Crippen LogP contribution in [-0.2, 0) is 9.53 Å². The van der Waals surface area contributed by atoms with Crippen LogP contribution in [0.1, 0.15) is 31.4 Å². The maximum atomic E-state index is 12.6. The lowest BCUT2D eigenvalue weighted by Crippen LogP contribution is -2.57. The van der Waals surface area contributed by atoms with Crippen LogP contribution in [0.4, 0.5) is 0 Å². The Balaban J connectivity index is 0.00000312. The highest BCUT2D eigenvalue weighted by Crippen LogP contribution is 2.39. The van der Waals surface area contributed by atoms with Gasteiger partial charge in [-0.25, -0.2) is 0 Å². The number of benzene rings is 1. The average Bonchev–Trinajstić information content (AvgIpc) is 2.60. The first-order chi connectivity index (χ1) is 11.4. The van der Waals surface area contributed by atoms with Crippen LogP contribution in [0.15, 0.2) is 12.1 Å². The molecule has 1 aromatic carbocycles. The van der Waals surface area contributed by atoms with Crippen molar-refractivity contribution in [2.24, 2.45) is 5.73 Å². The fourth-order valence-electron chi connectivity index (χ4n) is 2.74. The molecule has 1 aliphatic heterocycles. The molecule has 1 amide bonds. The number of nitrogens with two attached hydrogens (primary N) is 1. The van der Waals surface area contributed by atoms with Gasteiger partial charge in [-0.1, -0.05) is 0 Å². The lowest BCUT2D eigenvalue weighted by atomic mass is 9.90. The van der Waals surface area contributed by atoms with Gasteiger partial charge in [-0.2, -0.15) is 0 Å². The van der Waals surface area contributed by atoms with Crippen molar-refractivity contribution in [3.8, 4) is 17.2 Å². The first-order valence-corrected chi connectivity index (χ1v) is 7.92.